The highest BCUT2D eigenvalue weighted by Crippen LogP contribution is 2.28. The fourth-order valence-electron chi connectivity index (χ4n) is 4.19. The second kappa shape index (κ2) is 11.1. The van der Waals surface area contributed by atoms with Crippen LogP contribution in [0.3, 0.4) is 0 Å². The molecule has 35 heavy (non-hydrogen) atoms. The highest BCUT2D eigenvalue weighted by Gasteiger charge is 2.28. The Morgan fingerprint density at radius 3 is 2.31 bits per heavy atom. The molecule has 0 atom stereocenters. The Kier molecular flexibility index (Phi) is 7.70. The van der Waals surface area contributed by atoms with E-state index in [1.54, 1.807) is 11.0 Å². The number of nitrogens with one attached hydrogen (secondary N) is 1. The summed E-state index contributed by atoms with van der Waals surface area (Å²) in [6.45, 7) is -2.13. The number of halogens is 3. The summed E-state index contributed by atoms with van der Waals surface area (Å²) in [4.78, 5) is 27.1. The van der Waals surface area contributed by atoms with Gasteiger partial charge < -0.3 is 15.0 Å². The molecule has 1 fully saturated rings. The third kappa shape index (κ3) is 6.41. The molecule has 1 heterocycles. The summed E-state index contributed by atoms with van der Waals surface area (Å²) in [7, 11) is 0. The topological polar surface area (TPSA) is 58.6 Å². The van der Waals surface area contributed by atoms with Crippen LogP contribution in [-0.2, 0) is 11.2 Å². The normalized spacial score (nSPS) is 14.1. The van der Waals surface area contributed by atoms with Crippen molar-refractivity contribution in [3.05, 3.63) is 95.3 Å². The molecule has 1 aliphatic heterocycles. The van der Waals surface area contributed by atoms with Crippen molar-refractivity contribution in [1.29, 1.82) is 0 Å². The van der Waals surface area contributed by atoms with E-state index in [0.717, 1.165) is 5.56 Å². The molecule has 0 aromatic heterocycles. The van der Waals surface area contributed by atoms with Crippen LogP contribution in [0.1, 0.15) is 34.3 Å². The number of amides is 2. The van der Waals surface area contributed by atoms with Crippen molar-refractivity contribution in [2.75, 3.05) is 18.4 Å². The largest absolute Gasteiger partial charge is 0.435 e. The third-order valence-corrected chi connectivity index (χ3v) is 6.03. The number of benzene rings is 3. The van der Waals surface area contributed by atoms with Crippen molar-refractivity contribution in [2.45, 2.75) is 25.9 Å². The molecule has 1 aliphatic rings. The van der Waals surface area contributed by atoms with Crippen LogP contribution in [0.25, 0.3) is 0 Å². The number of rotatable bonds is 7. The lowest BCUT2D eigenvalue weighted by molar-refractivity contribution is -0.121. The van der Waals surface area contributed by atoms with Crippen LogP contribution in [0.15, 0.2) is 72.8 Å². The maximum Gasteiger partial charge on any atom is 0.387 e. The van der Waals surface area contributed by atoms with Gasteiger partial charge in [0.25, 0.3) is 5.91 Å². The molecule has 0 bridgehead atoms. The molecular formula is C27H25F3N2O3. The monoisotopic (exact) mass is 482 g/mol. The Bertz CT molecular complexity index is 1160. The predicted octanol–water partition coefficient (Wildman–Crippen LogP) is 5.51. The smallest absolute Gasteiger partial charge is 0.387 e. The molecule has 0 unspecified atom stereocenters. The lowest BCUT2D eigenvalue weighted by Gasteiger charge is -2.31. The summed E-state index contributed by atoms with van der Waals surface area (Å²) >= 11 is 0. The number of carbonyl (C=O) groups excluding carboxylic acids is 2. The van der Waals surface area contributed by atoms with Gasteiger partial charge in [-0.05, 0) is 60.9 Å². The molecule has 182 valence electrons. The summed E-state index contributed by atoms with van der Waals surface area (Å²) in [5, 5.41) is 2.87. The standard InChI is InChI=1S/C27H25F3N2O3/c28-22-8-6-20(7-9-22)26(34)32-14-12-19(13-15-32)25(33)31-23-10-11-24(35-27(29)30)21(17-23)16-18-4-2-1-3-5-18/h1-11,17,19,27H,12-16H2,(H,31,33). The Balaban J connectivity index is 1.39. The summed E-state index contributed by atoms with van der Waals surface area (Å²) < 4.78 is 43.5. The first-order valence-electron chi connectivity index (χ1n) is 11.4. The van der Waals surface area contributed by atoms with Gasteiger partial charge in [-0.1, -0.05) is 30.3 Å². The molecule has 1 saturated heterocycles. The fourth-order valence-corrected chi connectivity index (χ4v) is 4.19. The lowest BCUT2D eigenvalue weighted by Crippen LogP contribution is -2.41. The second-order valence-electron chi connectivity index (χ2n) is 8.43. The summed E-state index contributed by atoms with van der Waals surface area (Å²) in [5.74, 6) is -1.01. The van der Waals surface area contributed by atoms with Gasteiger partial charge in [0, 0.05) is 42.2 Å². The Morgan fingerprint density at radius 1 is 0.971 bits per heavy atom. The van der Waals surface area contributed by atoms with Crippen LogP contribution in [0.2, 0.25) is 0 Å². The number of carbonyl (C=O) groups is 2. The maximum atomic E-state index is 13.1. The number of ether oxygens (including phenoxy) is 1. The Labute approximate surface area is 201 Å². The number of anilines is 1. The molecule has 0 aliphatic carbocycles. The van der Waals surface area contributed by atoms with Gasteiger partial charge in [-0.15, -0.1) is 0 Å². The molecular weight excluding hydrogens is 457 g/mol. The van der Waals surface area contributed by atoms with E-state index in [1.807, 2.05) is 30.3 Å². The average molecular weight is 483 g/mol. The molecule has 0 radical (unpaired) electrons. The van der Waals surface area contributed by atoms with Crippen molar-refractivity contribution in [3.8, 4) is 5.75 Å². The van der Waals surface area contributed by atoms with Gasteiger partial charge in [-0.2, -0.15) is 8.78 Å². The van der Waals surface area contributed by atoms with Crippen LogP contribution >= 0.6 is 0 Å². The van der Waals surface area contributed by atoms with Crippen LogP contribution in [-0.4, -0.2) is 36.4 Å². The SMILES string of the molecule is O=C(Nc1ccc(OC(F)F)c(Cc2ccccc2)c1)C1CCN(C(=O)c2ccc(F)cc2)CC1. The molecule has 8 heteroatoms. The van der Waals surface area contributed by atoms with Crippen LogP contribution < -0.4 is 10.1 Å². The van der Waals surface area contributed by atoms with Gasteiger partial charge in [0.2, 0.25) is 5.91 Å². The zero-order valence-electron chi connectivity index (χ0n) is 18.9. The zero-order chi connectivity index (χ0) is 24.8. The Morgan fingerprint density at radius 2 is 1.66 bits per heavy atom. The number of likely N-dealkylation sites (tertiary alicyclic amines) is 1. The first-order valence-corrected chi connectivity index (χ1v) is 11.4. The molecule has 3 aromatic rings. The minimum Gasteiger partial charge on any atom is -0.435 e. The van der Waals surface area contributed by atoms with Crippen molar-refractivity contribution in [3.63, 3.8) is 0 Å². The van der Waals surface area contributed by atoms with Crippen LogP contribution in [0, 0.1) is 11.7 Å². The van der Waals surface area contributed by atoms with Crippen molar-refractivity contribution in [2.24, 2.45) is 5.92 Å². The zero-order valence-corrected chi connectivity index (χ0v) is 18.9. The van der Waals surface area contributed by atoms with Gasteiger partial charge in [0.05, 0.1) is 0 Å². The average Bonchev–Trinajstić information content (AvgIpc) is 2.86. The molecule has 1 N–H and O–H groups in total. The molecule has 0 spiro atoms. The third-order valence-electron chi connectivity index (χ3n) is 6.03. The molecule has 4 rings (SSSR count). The number of alkyl halides is 2. The van der Waals surface area contributed by atoms with E-state index in [2.05, 4.69) is 10.1 Å². The van der Waals surface area contributed by atoms with Gasteiger partial charge in [-0.25, -0.2) is 4.39 Å². The van der Waals surface area contributed by atoms with E-state index in [1.165, 1.54) is 36.4 Å². The maximum absolute atomic E-state index is 13.1. The second-order valence-corrected chi connectivity index (χ2v) is 8.43. The predicted molar refractivity (Wildman–Crippen MR) is 126 cm³/mol. The quantitative estimate of drug-likeness (QED) is 0.483. The van der Waals surface area contributed by atoms with Crippen LogP contribution in [0.5, 0.6) is 5.75 Å². The molecule has 0 saturated carbocycles. The van der Waals surface area contributed by atoms with Crippen molar-refractivity contribution >= 4 is 17.5 Å². The van der Waals surface area contributed by atoms with Crippen LogP contribution in [0.4, 0.5) is 18.9 Å². The lowest BCUT2D eigenvalue weighted by atomic mass is 9.95. The highest BCUT2D eigenvalue weighted by molar-refractivity contribution is 5.95. The van der Waals surface area contributed by atoms with Gasteiger partial charge >= 0.3 is 6.61 Å². The number of nitrogens with zero attached hydrogens (tertiary/aromatic N) is 1. The molecule has 5 nitrogen and oxygen atoms in total. The summed E-state index contributed by atoms with van der Waals surface area (Å²) in [6.07, 6.45) is 1.35. The highest BCUT2D eigenvalue weighted by atomic mass is 19.3. The first kappa shape index (κ1) is 24.3. The number of piperidine rings is 1. The van der Waals surface area contributed by atoms with Gasteiger partial charge in [0.1, 0.15) is 11.6 Å². The minimum absolute atomic E-state index is 0.0643. The summed E-state index contributed by atoms with van der Waals surface area (Å²) in [6, 6.07) is 19.4. The van der Waals surface area contributed by atoms with E-state index >= 15 is 0 Å². The van der Waals surface area contributed by atoms with E-state index in [-0.39, 0.29) is 23.5 Å². The minimum atomic E-state index is -2.95. The van der Waals surface area contributed by atoms with Crippen molar-refractivity contribution < 1.29 is 27.5 Å². The molecule has 2 amide bonds. The fraction of sp³-hybridized carbons (Fsp3) is 0.259. The molecule has 3 aromatic carbocycles. The van der Waals surface area contributed by atoms with Gasteiger partial charge in [0.15, 0.2) is 0 Å². The van der Waals surface area contributed by atoms with E-state index in [9.17, 15) is 22.8 Å². The van der Waals surface area contributed by atoms with E-state index in [4.69, 9.17) is 0 Å². The van der Waals surface area contributed by atoms with E-state index in [0.29, 0.717) is 49.2 Å². The summed E-state index contributed by atoms with van der Waals surface area (Å²) in [5.41, 5.74) is 2.36. The number of hydrogen-bond donors (Lipinski definition) is 1. The first-order chi connectivity index (χ1) is 16.9. The Hall–Kier alpha value is -3.81. The van der Waals surface area contributed by atoms with Crippen molar-refractivity contribution in [1.82, 2.24) is 4.90 Å². The number of hydrogen-bond acceptors (Lipinski definition) is 3. The van der Waals surface area contributed by atoms with E-state index < -0.39 is 12.4 Å². The van der Waals surface area contributed by atoms with Gasteiger partial charge in [-0.3, -0.25) is 9.59 Å².